The summed E-state index contributed by atoms with van der Waals surface area (Å²) in [6, 6.07) is 0. The van der Waals surface area contributed by atoms with Crippen molar-refractivity contribution < 1.29 is 28.6 Å². The number of hydrogen-bond donors (Lipinski definition) is 0. The molecule has 80 heavy (non-hydrogen) atoms. The van der Waals surface area contributed by atoms with Crippen LogP contribution >= 0.6 is 0 Å². The zero-order chi connectivity index (χ0) is 57.8. The predicted octanol–water partition coefficient (Wildman–Crippen LogP) is 22.9. The Morgan fingerprint density at radius 2 is 0.487 bits per heavy atom. The molecule has 0 rings (SSSR count). The molecule has 0 aliphatic heterocycles. The van der Waals surface area contributed by atoms with Crippen LogP contribution in [-0.2, 0) is 28.6 Å². The summed E-state index contributed by atoms with van der Waals surface area (Å²) in [5.74, 6) is -0.951. The lowest BCUT2D eigenvalue weighted by molar-refractivity contribution is -0.167. The third-order valence-electron chi connectivity index (χ3n) is 13.9. The molecule has 0 saturated carbocycles. The Hall–Kier alpha value is -4.45. The van der Waals surface area contributed by atoms with Gasteiger partial charge in [-0.1, -0.05) is 289 Å². The molecule has 0 aromatic heterocycles. The molecule has 0 saturated heterocycles. The van der Waals surface area contributed by atoms with E-state index in [1.165, 1.54) is 135 Å². The molecule has 1 unspecified atom stereocenters. The van der Waals surface area contributed by atoms with Crippen LogP contribution in [0.3, 0.4) is 0 Å². The van der Waals surface area contributed by atoms with Gasteiger partial charge >= 0.3 is 17.9 Å². The molecule has 0 bridgehead atoms. The minimum absolute atomic E-state index is 0.0981. The Morgan fingerprint density at radius 3 is 0.787 bits per heavy atom. The Balaban J connectivity index is 4.17. The van der Waals surface area contributed by atoms with E-state index >= 15 is 0 Å². The van der Waals surface area contributed by atoms with E-state index in [1.807, 2.05) is 0 Å². The maximum Gasteiger partial charge on any atom is 0.306 e. The van der Waals surface area contributed by atoms with E-state index < -0.39 is 6.10 Å². The van der Waals surface area contributed by atoms with Crippen molar-refractivity contribution in [3.05, 3.63) is 134 Å². The average molecular weight is 1110 g/mol. The van der Waals surface area contributed by atoms with Crippen molar-refractivity contribution in [3.63, 3.8) is 0 Å². The van der Waals surface area contributed by atoms with Crippen LogP contribution in [0.4, 0.5) is 0 Å². The molecule has 0 aromatic carbocycles. The number of rotatable bonds is 59. The summed E-state index contributed by atoms with van der Waals surface area (Å²) in [4.78, 5) is 38.0. The van der Waals surface area contributed by atoms with Crippen LogP contribution in [0, 0.1) is 0 Å². The quantitative estimate of drug-likeness (QED) is 0.0261. The van der Waals surface area contributed by atoms with Crippen molar-refractivity contribution in [1.29, 1.82) is 0 Å². The highest BCUT2D eigenvalue weighted by Gasteiger charge is 2.19. The fourth-order valence-electron chi connectivity index (χ4n) is 8.94. The van der Waals surface area contributed by atoms with E-state index in [9.17, 15) is 14.4 Å². The Bertz CT molecular complexity index is 1700. The van der Waals surface area contributed by atoms with Crippen molar-refractivity contribution in [2.75, 3.05) is 13.2 Å². The lowest BCUT2D eigenvalue weighted by Gasteiger charge is -2.18. The first-order chi connectivity index (χ1) is 39.5. The predicted molar refractivity (Wildman–Crippen MR) is 348 cm³/mol. The standard InChI is InChI=1S/C74H122O6/c1-4-7-10-13-16-18-20-22-24-26-28-30-32-34-36-37-39-40-42-44-46-48-50-52-54-56-58-61-64-67-73(76)79-70-71(69-78-72(75)66-63-60-15-12-9-6-3)80-74(77)68-65-62-59-57-55-53-51-49-47-45-43-41-38-35-33-31-29-27-25-23-21-19-17-14-11-8-5-2/h8,11,17,19-20,22-23,25-26,28-29,31-32,34-35,38,43,45,49,51,55,57,71H,4-7,9-10,12-16,18,21,24,27,30,33,36-37,39-42,44,46-48,50,52-54,56,58-70H2,1-3H3/b11-8-,19-17-,22-20-,25-23-,28-26-,31-29-,34-32-,38-35-,45-43-,51-49-,57-55-. The van der Waals surface area contributed by atoms with Crippen LogP contribution in [-0.4, -0.2) is 37.2 Å². The highest BCUT2D eigenvalue weighted by atomic mass is 16.6. The minimum Gasteiger partial charge on any atom is -0.462 e. The number of hydrogen-bond acceptors (Lipinski definition) is 6. The van der Waals surface area contributed by atoms with Gasteiger partial charge in [0.05, 0.1) is 0 Å². The minimum atomic E-state index is -0.803. The summed E-state index contributed by atoms with van der Waals surface area (Å²) < 4.78 is 16.8. The molecule has 6 heteroatoms. The summed E-state index contributed by atoms with van der Waals surface area (Å²) in [5, 5.41) is 0. The second kappa shape index (κ2) is 67.1. The van der Waals surface area contributed by atoms with Gasteiger partial charge in [0.15, 0.2) is 6.10 Å². The molecule has 1 atom stereocenters. The van der Waals surface area contributed by atoms with E-state index in [-0.39, 0.29) is 37.5 Å². The number of carbonyl (C=O) groups is 3. The van der Waals surface area contributed by atoms with Crippen molar-refractivity contribution in [2.45, 2.75) is 303 Å². The SMILES string of the molecule is CC/C=C\C/C=C\C/C=C\C/C=C\C/C=C\C/C=C\C/C=C\C/C=C\CCCCC(=O)OC(COC(=O)CCCCCCCC)COC(=O)CCCCCCCCCCCCCCCC/C=C\C/C=C\C/C=C\CCCCCCC. The van der Waals surface area contributed by atoms with Gasteiger partial charge in [0, 0.05) is 19.3 Å². The van der Waals surface area contributed by atoms with Crippen LogP contribution in [0.15, 0.2) is 134 Å². The smallest absolute Gasteiger partial charge is 0.306 e. The fraction of sp³-hybridized carbons (Fsp3) is 0.662. The van der Waals surface area contributed by atoms with Gasteiger partial charge in [-0.15, -0.1) is 0 Å². The topological polar surface area (TPSA) is 78.9 Å². The third kappa shape index (κ3) is 64.4. The second-order valence-electron chi connectivity index (χ2n) is 21.6. The largest absolute Gasteiger partial charge is 0.462 e. The van der Waals surface area contributed by atoms with E-state index in [0.29, 0.717) is 19.3 Å². The third-order valence-corrected chi connectivity index (χ3v) is 13.9. The first kappa shape index (κ1) is 75.5. The first-order valence-electron chi connectivity index (χ1n) is 33.2. The molecular formula is C74H122O6. The lowest BCUT2D eigenvalue weighted by atomic mass is 10.0. The van der Waals surface area contributed by atoms with E-state index in [4.69, 9.17) is 14.2 Å². The molecule has 0 radical (unpaired) electrons. The summed E-state index contributed by atoms with van der Waals surface area (Å²) >= 11 is 0. The first-order valence-corrected chi connectivity index (χ1v) is 33.2. The molecule has 454 valence electrons. The number of esters is 3. The van der Waals surface area contributed by atoms with Gasteiger partial charge in [0.2, 0.25) is 0 Å². The maximum atomic E-state index is 12.8. The molecule has 0 amide bonds. The zero-order valence-corrected chi connectivity index (χ0v) is 52.0. The van der Waals surface area contributed by atoms with Gasteiger partial charge in [-0.3, -0.25) is 14.4 Å². The van der Waals surface area contributed by atoms with Crippen LogP contribution in [0.25, 0.3) is 0 Å². The van der Waals surface area contributed by atoms with E-state index in [2.05, 4.69) is 154 Å². The zero-order valence-electron chi connectivity index (χ0n) is 52.0. The van der Waals surface area contributed by atoms with Gasteiger partial charge < -0.3 is 14.2 Å². The van der Waals surface area contributed by atoms with Gasteiger partial charge in [0.25, 0.3) is 0 Å². The average Bonchev–Trinajstić information content (AvgIpc) is 3.46. The van der Waals surface area contributed by atoms with E-state index in [0.717, 1.165) is 116 Å². The Morgan fingerprint density at radius 1 is 0.263 bits per heavy atom. The summed E-state index contributed by atoms with van der Waals surface area (Å²) in [5.41, 5.74) is 0. The summed E-state index contributed by atoms with van der Waals surface area (Å²) in [7, 11) is 0. The molecule has 0 aliphatic carbocycles. The van der Waals surface area contributed by atoms with Crippen molar-refractivity contribution in [1.82, 2.24) is 0 Å². The second-order valence-corrected chi connectivity index (χ2v) is 21.6. The van der Waals surface area contributed by atoms with Crippen LogP contribution in [0.5, 0.6) is 0 Å². The molecule has 0 fully saturated rings. The normalized spacial score (nSPS) is 13.0. The maximum absolute atomic E-state index is 12.8. The Kier molecular flexibility index (Phi) is 63.3. The van der Waals surface area contributed by atoms with Crippen LogP contribution in [0.1, 0.15) is 297 Å². The number of carbonyl (C=O) groups excluding carboxylic acids is 3. The van der Waals surface area contributed by atoms with Crippen molar-refractivity contribution >= 4 is 17.9 Å². The van der Waals surface area contributed by atoms with Crippen LogP contribution in [0.2, 0.25) is 0 Å². The molecule has 0 N–H and O–H groups in total. The summed E-state index contributed by atoms with van der Waals surface area (Å²) in [6.45, 7) is 6.43. The van der Waals surface area contributed by atoms with Gasteiger partial charge in [-0.2, -0.15) is 0 Å². The monoisotopic (exact) mass is 1110 g/mol. The number of unbranched alkanes of at least 4 members (excludes halogenated alkanes) is 26. The van der Waals surface area contributed by atoms with E-state index in [1.54, 1.807) is 0 Å². The molecule has 0 heterocycles. The summed E-state index contributed by atoms with van der Waals surface area (Å²) in [6.07, 6.45) is 95.0. The molecule has 6 nitrogen and oxygen atoms in total. The van der Waals surface area contributed by atoms with Crippen molar-refractivity contribution in [2.24, 2.45) is 0 Å². The number of allylic oxidation sites excluding steroid dienone is 22. The molecule has 0 aromatic rings. The highest BCUT2D eigenvalue weighted by molar-refractivity contribution is 5.71. The Labute approximate surface area is 494 Å². The van der Waals surface area contributed by atoms with Crippen molar-refractivity contribution in [3.8, 4) is 0 Å². The molecular weight excluding hydrogens is 985 g/mol. The molecule has 0 aliphatic rings. The van der Waals surface area contributed by atoms with Gasteiger partial charge in [-0.05, 0) is 122 Å². The van der Waals surface area contributed by atoms with Crippen LogP contribution < -0.4 is 0 Å². The van der Waals surface area contributed by atoms with Gasteiger partial charge in [-0.25, -0.2) is 0 Å². The lowest BCUT2D eigenvalue weighted by Crippen LogP contribution is -2.30. The fourth-order valence-corrected chi connectivity index (χ4v) is 8.94. The van der Waals surface area contributed by atoms with Gasteiger partial charge in [0.1, 0.15) is 13.2 Å². The number of ether oxygens (including phenoxy) is 3. The highest BCUT2D eigenvalue weighted by Crippen LogP contribution is 2.16. The molecule has 0 spiro atoms.